The zero-order valence-corrected chi connectivity index (χ0v) is 12.7. The number of hydrogen-bond donors (Lipinski definition) is 3. The number of amides is 1. The Labute approximate surface area is 126 Å². The number of benzene rings is 1. The van der Waals surface area contributed by atoms with Crippen molar-refractivity contribution in [3.05, 3.63) is 28.8 Å². The highest BCUT2D eigenvalue weighted by molar-refractivity contribution is 7.91. The average molecular weight is 337 g/mol. The molecule has 1 aromatic carbocycles. The molecule has 0 aliphatic rings. The molecule has 10 heteroatoms. The molecule has 0 aliphatic heterocycles. The summed E-state index contributed by atoms with van der Waals surface area (Å²) in [6.45, 7) is 3.10. The zero-order valence-electron chi connectivity index (χ0n) is 11.1. The van der Waals surface area contributed by atoms with Crippen LogP contribution in [0.3, 0.4) is 0 Å². The molecule has 0 unspecified atom stereocenters. The molecule has 0 fully saturated rings. The van der Waals surface area contributed by atoms with Gasteiger partial charge in [0.1, 0.15) is 0 Å². The summed E-state index contributed by atoms with van der Waals surface area (Å²) in [5.41, 5.74) is -0.310. The van der Waals surface area contributed by atoms with E-state index >= 15 is 0 Å². The number of ether oxygens (including phenoxy) is 1. The maximum Gasteiger partial charge on any atom is 0.422 e. The van der Waals surface area contributed by atoms with Gasteiger partial charge in [-0.05, 0) is 32.0 Å². The normalized spacial score (nSPS) is 11.0. The molecule has 0 saturated heterocycles. The van der Waals surface area contributed by atoms with Gasteiger partial charge in [-0.25, -0.2) is 14.3 Å². The third kappa shape index (κ3) is 5.88. The molecule has 21 heavy (non-hydrogen) atoms. The fourth-order valence-corrected chi connectivity index (χ4v) is 2.28. The van der Waals surface area contributed by atoms with Gasteiger partial charge in [0.25, 0.3) is 0 Å². The number of halogens is 1. The Morgan fingerprint density at radius 2 is 1.90 bits per heavy atom. The van der Waals surface area contributed by atoms with Gasteiger partial charge < -0.3 is 9.84 Å². The standard InChI is InChI=1S/C11H13ClN2O6S/c1-6(2)20-11(17)14-21(18,19)13-9-4-7(10(15)16)3-8(12)5-9/h3-6,13H,1-2H3,(H,14,17)(H,15,16). The van der Waals surface area contributed by atoms with Crippen LogP contribution in [-0.4, -0.2) is 31.7 Å². The Hall–Kier alpha value is -2.00. The first kappa shape index (κ1) is 17.1. The summed E-state index contributed by atoms with van der Waals surface area (Å²) in [4.78, 5) is 22.1. The van der Waals surface area contributed by atoms with Gasteiger partial charge in [0.05, 0.1) is 17.4 Å². The predicted molar refractivity (Wildman–Crippen MR) is 75.7 cm³/mol. The Morgan fingerprint density at radius 3 is 2.43 bits per heavy atom. The number of hydrogen-bond acceptors (Lipinski definition) is 5. The predicted octanol–water partition coefficient (Wildman–Crippen LogP) is 1.83. The molecule has 1 aromatic rings. The van der Waals surface area contributed by atoms with Crippen molar-refractivity contribution in [3.8, 4) is 0 Å². The molecule has 3 N–H and O–H groups in total. The molecule has 0 radical (unpaired) electrons. The second-order valence-corrected chi connectivity index (χ2v) is 6.05. The summed E-state index contributed by atoms with van der Waals surface area (Å²) in [5, 5.41) is 8.88. The van der Waals surface area contributed by atoms with Gasteiger partial charge >= 0.3 is 22.3 Å². The molecule has 8 nitrogen and oxygen atoms in total. The fraction of sp³-hybridized carbons (Fsp3) is 0.273. The van der Waals surface area contributed by atoms with Crippen molar-refractivity contribution in [2.75, 3.05) is 4.72 Å². The van der Waals surface area contributed by atoms with E-state index in [-0.39, 0.29) is 16.3 Å². The van der Waals surface area contributed by atoms with Gasteiger partial charge in [-0.2, -0.15) is 8.42 Å². The molecule has 1 amide bonds. The monoisotopic (exact) mass is 336 g/mol. The minimum absolute atomic E-state index is 0.0253. The van der Waals surface area contributed by atoms with Crippen molar-refractivity contribution >= 4 is 39.6 Å². The van der Waals surface area contributed by atoms with E-state index in [1.54, 1.807) is 18.6 Å². The van der Waals surface area contributed by atoms with E-state index in [1.807, 2.05) is 4.72 Å². The smallest absolute Gasteiger partial charge is 0.422 e. The quantitative estimate of drug-likeness (QED) is 0.754. The second-order valence-electron chi connectivity index (χ2n) is 4.20. The van der Waals surface area contributed by atoms with Crippen LogP contribution in [0.4, 0.5) is 10.5 Å². The SMILES string of the molecule is CC(C)OC(=O)NS(=O)(=O)Nc1cc(Cl)cc(C(=O)O)c1. The van der Waals surface area contributed by atoms with E-state index in [0.717, 1.165) is 12.1 Å². The molecule has 0 bridgehead atoms. The number of rotatable bonds is 5. The molecular weight excluding hydrogens is 324 g/mol. The summed E-state index contributed by atoms with van der Waals surface area (Å²) in [7, 11) is -4.26. The van der Waals surface area contributed by atoms with E-state index in [4.69, 9.17) is 16.7 Å². The highest BCUT2D eigenvalue weighted by atomic mass is 35.5. The number of carboxylic acids is 1. The van der Waals surface area contributed by atoms with Gasteiger partial charge in [0.15, 0.2) is 0 Å². The van der Waals surface area contributed by atoms with Crippen molar-refractivity contribution in [1.29, 1.82) is 0 Å². The maximum atomic E-state index is 11.7. The van der Waals surface area contributed by atoms with Crippen LogP contribution in [0.1, 0.15) is 24.2 Å². The molecule has 0 spiro atoms. The number of anilines is 1. The van der Waals surface area contributed by atoms with Crippen LogP contribution >= 0.6 is 11.6 Å². The molecule has 0 aromatic heterocycles. The van der Waals surface area contributed by atoms with Crippen LogP contribution in [0, 0.1) is 0 Å². The summed E-state index contributed by atoms with van der Waals surface area (Å²) >= 11 is 5.69. The van der Waals surface area contributed by atoms with Crippen molar-refractivity contribution in [3.63, 3.8) is 0 Å². The van der Waals surface area contributed by atoms with Crippen LogP contribution in [0.2, 0.25) is 5.02 Å². The molecule has 0 aliphatic carbocycles. The fourth-order valence-electron chi connectivity index (χ4n) is 1.30. The van der Waals surface area contributed by atoms with E-state index in [2.05, 4.69) is 4.74 Å². The van der Waals surface area contributed by atoms with Crippen molar-refractivity contribution in [1.82, 2.24) is 4.72 Å². The number of nitrogens with one attached hydrogen (secondary N) is 2. The molecule has 116 valence electrons. The van der Waals surface area contributed by atoms with E-state index in [9.17, 15) is 18.0 Å². The third-order valence-corrected chi connectivity index (χ3v) is 3.12. The lowest BCUT2D eigenvalue weighted by Crippen LogP contribution is -2.36. The molecular formula is C11H13ClN2O6S. The number of carboxylic acid groups (broad SMARTS) is 1. The first-order valence-electron chi connectivity index (χ1n) is 5.64. The van der Waals surface area contributed by atoms with Gasteiger partial charge in [0, 0.05) is 5.02 Å². The molecule has 0 atom stereocenters. The van der Waals surface area contributed by atoms with Crippen LogP contribution < -0.4 is 9.44 Å². The lowest BCUT2D eigenvalue weighted by atomic mass is 10.2. The number of carbonyl (C=O) groups is 2. The Morgan fingerprint density at radius 1 is 1.29 bits per heavy atom. The van der Waals surface area contributed by atoms with Crippen LogP contribution in [0.25, 0.3) is 0 Å². The summed E-state index contributed by atoms with van der Waals surface area (Å²) in [6.07, 6.45) is -1.65. The Bertz CT molecular complexity index is 659. The highest BCUT2D eigenvalue weighted by Crippen LogP contribution is 2.19. The van der Waals surface area contributed by atoms with E-state index < -0.39 is 28.4 Å². The topological polar surface area (TPSA) is 122 Å². The molecule has 0 saturated carbocycles. The average Bonchev–Trinajstić information content (AvgIpc) is 2.24. The zero-order chi connectivity index (χ0) is 16.2. The largest absolute Gasteiger partial charge is 0.478 e. The van der Waals surface area contributed by atoms with Gasteiger partial charge in [-0.1, -0.05) is 11.6 Å². The molecule has 0 heterocycles. The second kappa shape index (κ2) is 6.64. The van der Waals surface area contributed by atoms with E-state index in [0.29, 0.717) is 0 Å². The van der Waals surface area contributed by atoms with Crippen molar-refractivity contribution in [2.45, 2.75) is 20.0 Å². The Kier molecular flexibility index (Phi) is 5.39. The summed E-state index contributed by atoms with van der Waals surface area (Å²) in [5.74, 6) is -1.27. The van der Waals surface area contributed by atoms with Crippen LogP contribution in [0.15, 0.2) is 18.2 Å². The summed E-state index contributed by atoms with van der Waals surface area (Å²) in [6, 6.07) is 3.41. The van der Waals surface area contributed by atoms with Crippen LogP contribution in [0.5, 0.6) is 0 Å². The first-order chi connectivity index (χ1) is 9.59. The maximum absolute atomic E-state index is 11.7. The minimum Gasteiger partial charge on any atom is -0.478 e. The lowest BCUT2D eigenvalue weighted by Gasteiger charge is -2.12. The van der Waals surface area contributed by atoms with Crippen LogP contribution in [-0.2, 0) is 14.9 Å². The van der Waals surface area contributed by atoms with Crippen molar-refractivity contribution < 1.29 is 27.9 Å². The number of aromatic carboxylic acids is 1. The van der Waals surface area contributed by atoms with E-state index in [1.165, 1.54) is 6.07 Å². The Balaban J connectivity index is 2.89. The minimum atomic E-state index is -4.26. The third-order valence-electron chi connectivity index (χ3n) is 1.96. The van der Waals surface area contributed by atoms with Gasteiger partial charge in [-0.3, -0.25) is 4.72 Å². The first-order valence-corrected chi connectivity index (χ1v) is 7.50. The lowest BCUT2D eigenvalue weighted by molar-refractivity contribution is 0.0696. The van der Waals surface area contributed by atoms with Gasteiger partial charge in [0.2, 0.25) is 0 Å². The van der Waals surface area contributed by atoms with Crippen molar-refractivity contribution in [2.24, 2.45) is 0 Å². The highest BCUT2D eigenvalue weighted by Gasteiger charge is 2.17. The summed E-state index contributed by atoms with van der Waals surface area (Å²) < 4.78 is 31.5. The number of carbonyl (C=O) groups excluding carboxylic acids is 1. The molecule has 1 rings (SSSR count). The van der Waals surface area contributed by atoms with Gasteiger partial charge in [-0.15, -0.1) is 0 Å².